The van der Waals surface area contributed by atoms with E-state index in [0.29, 0.717) is 0 Å². The van der Waals surface area contributed by atoms with Gasteiger partial charge in [-0.2, -0.15) is 0 Å². The first-order chi connectivity index (χ1) is 26.8. The van der Waals surface area contributed by atoms with Crippen molar-refractivity contribution >= 4 is 54.4 Å². The molecule has 0 unspecified atom stereocenters. The van der Waals surface area contributed by atoms with Gasteiger partial charge in [-0.05, 0) is 89.0 Å². The van der Waals surface area contributed by atoms with Crippen LogP contribution in [0.25, 0.3) is 110 Å². The molecule has 1 aliphatic rings. The number of aromatic nitrogens is 4. The van der Waals surface area contributed by atoms with E-state index in [1.807, 2.05) is 18.6 Å². The van der Waals surface area contributed by atoms with Crippen molar-refractivity contribution in [2.45, 2.75) is 0 Å². The second-order valence-corrected chi connectivity index (χ2v) is 14.2. The predicted molar refractivity (Wildman–Crippen MR) is 224 cm³/mol. The summed E-state index contributed by atoms with van der Waals surface area (Å²) in [5, 5.41) is 7.36. The molecule has 7 aromatic carbocycles. The van der Waals surface area contributed by atoms with Gasteiger partial charge in [0.25, 0.3) is 0 Å². The van der Waals surface area contributed by atoms with Crippen LogP contribution >= 0.6 is 0 Å². The Morgan fingerprint density at radius 2 is 0.963 bits per heavy atom. The van der Waals surface area contributed by atoms with Crippen molar-refractivity contribution in [1.29, 1.82) is 0 Å². The lowest BCUT2D eigenvalue weighted by molar-refractivity contribution is 1.18. The molecule has 4 heterocycles. The van der Waals surface area contributed by atoms with E-state index in [2.05, 4.69) is 178 Å². The third-order valence-corrected chi connectivity index (χ3v) is 11.4. The van der Waals surface area contributed by atoms with E-state index >= 15 is 0 Å². The molecular weight excluding hydrogens is 657 g/mol. The molecule has 54 heavy (non-hydrogen) atoms. The Balaban J connectivity index is 1.06. The lowest BCUT2D eigenvalue weighted by Crippen LogP contribution is -1.94. The Morgan fingerprint density at radius 3 is 1.70 bits per heavy atom. The minimum Gasteiger partial charge on any atom is -0.309 e. The highest BCUT2D eigenvalue weighted by molar-refractivity contribution is 6.18. The molecule has 4 aromatic heterocycles. The minimum absolute atomic E-state index is 0.992. The van der Waals surface area contributed by atoms with Crippen molar-refractivity contribution in [3.63, 3.8) is 0 Å². The summed E-state index contributed by atoms with van der Waals surface area (Å²) in [5.74, 6) is 0. The molecule has 0 fully saturated rings. The van der Waals surface area contributed by atoms with Gasteiger partial charge < -0.3 is 9.13 Å². The standard InChI is InChI=1S/C50H30N4/c1-3-10-34(11-4-1)53-45-17-8-7-14-37(45)41-26-31(19-22-46(41)53)32-20-23-47-42(27-32)38-21-18-33(28-48(38)54(47)35-12-5-2-6-13-35)50-40-16-9-15-39-36-24-25-51-29-43(36)44(30-52-50)49(39)40/h1-30H. The van der Waals surface area contributed by atoms with Crippen molar-refractivity contribution in [3.8, 4) is 56.0 Å². The largest absolute Gasteiger partial charge is 0.309 e. The minimum atomic E-state index is 0.992. The lowest BCUT2D eigenvalue weighted by atomic mass is 9.98. The fourth-order valence-corrected chi connectivity index (χ4v) is 9.02. The van der Waals surface area contributed by atoms with Crippen molar-refractivity contribution < 1.29 is 0 Å². The first kappa shape index (κ1) is 29.3. The van der Waals surface area contributed by atoms with Crippen LogP contribution in [0.15, 0.2) is 182 Å². The molecule has 0 amide bonds. The fraction of sp³-hybridized carbons (Fsp3) is 0. The van der Waals surface area contributed by atoms with Gasteiger partial charge in [-0.25, -0.2) is 0 Å². The van der Waals surface area contributed by atoms with Crippen LogP contribution in [0, 0.1) is 0 Å². The molecule has 4 heteroatoms. The van der Waals surface area contributed by atoms with Crippen molar-refractivity contribution in [1.82, 2.24) is 19.1 Å². The van der Waals surface area contributed by atoms with Crippen LogP contribution in [0.2, 0.25) is 0 Å². The van der Waals surface area contributed by atoms with Gasteiger partial charge in [-0.15, -0.1) is 0 Å². The number of para-hydroxylation sites is 3. The molecule has 1 aliphatic carbocycles. The summed E-state index contributed by atoms with van der Waals surface area (Å²) in [7, 11) is 0. The fourth-order valence-electron chi connectivity index (χ4n) is 9.02. The highest BCUT2D eigenvalue weighted by Gasteiger charge is 2.24. The third kappa shape index (κ3) is 4.08. The van der Waals surface area contributed by atoms with Crippen LogP contribution in [-0.2, 0) is 0 Å². The molecule has 0 saturated heterocycles. The first-order valence-electron chi connectivity index (χ1n) is 18.4. The SMILES string of the molecule is c1ccc(-n2c3ccccc3c3cc(-c4ccc5c(c4)c4ccc(-c6ncc7c8c(cccc68)-c6ccncc6-7)cc4n5-c4ccccc4)ccc32)cc1. The summed E-state index contributed by atoms with van der Waals surface area (Å²) in [6.45, 7) is 0. The Labute approximate surface area is 310 Å². The summed E-state index contributed by atoms with van der Waals surface area (Å²) in [6, 6.07) is 59.5. The van der Waals surface area contributed by atoms with Crippen LogP contribution in [0.5, 0.6) is 0 Å². The Hall–Kier alpha value is -7.30. The van der Waals surface area contributed by atoms with Gasteiger partial charge in [0.2, 0.25) is 0 Å². The maximum absolute atomic E-state index is 5.13. The molecule has 0 aliphatic heterocycles. The molecule has 0 spiro atoms. The lowest BCUT2D eigenvalue weighted by Gasteiger charge is -2.11. The quantitative estimate of drug-likeness (QED) is 0.185. The third-order valence-electron chi connectivity index (χ3n) is 11.4. The van der Waals surface area contributed by atoms with Gasteiger partial charge >= 0.3 is 0 Å². The Bertz CT molecular complexity index is 3290. The zero-order valence-electron chi connectivity index (χ0n) is 29.1. The van der Waals surface area contributed by atoms with Gasteiger partial charge in [0, 0.05) is 79.0 Å². The van der Waals surface area contributed by atoms with Gasteiger partial charge in [0.05, 0.1) is 27.8 Å². The highest BCUT2D eigenvalue weighted by Crippen LogP contribution is 2.48. The van der Waals surface area contributed by atoms with E-state index in [1.165, 1.54) is 71.4 Å². The van der Waals surface area contributed by atoms with Gasteiger partial charge in [-0.1, -0.05) is 97.1 Å². The van der Waals surface area contributed by atoms with Gasteiger partial charge in [0.1, 0.15) is 0 Å². The molecular formula is C50H30N4. The highest BCUT2D eigenvalue weighted by atomic mass is 15.0. The van der Waals surface area contributed by atoms with E-state index < -0.39 is 0 Å². The van der Waals surface area contributed by atoms with Crippen LogP contribution in [0.1, 0.15) is 0 Å². The second kappa shape index (κ2) is 11.1. The second-order valence-electron chi connectivity index (χ2n) is 14.2. The molecule has 0 atom stereocenters. The zero-order valence-corrected chi connectivity index (χ0v) is 29.1. The summed E-state index contributed by atoms with van der Waals surface area (Å²) in [6.07, 6.45) is 5.87. The number of fused-ring (bicyclic) bond motifs is 9. The first-order valence-corrected chi connectivity index (χ1v) is 18.4. The average Bonchev–Trinajstić information content (AvgIpc) is 3.87. The summed E-state index contributed by atoms with van der Waals surface area (Å²) in [5.41, 5.74) is 16.3. The topological polar surface area (TPSA) is 35.6 Å². The molecule has 11 aromatic rings. The van der Waals surface area contributed by atoms with Crippen molar-refractivity contribution in [2.75, 3.05) is 0 Å². The average molecular weight is 687 g/mol. The monoisotopic (exact) mass is 686 g/mol. The zero-order chi connectivity index (χ0) is 35.3. The molecule has 0 radical (unpaired) electrons. The normalized spacial score (nSPS) is 12.1. The van der Waals surface area contributed by atoms with Crippen LogP contribution in [0.4, 0.5) is 0 Å². The maximum Gasteiger partial charge on any atom is 0.0781 e. The number of nitrogens with zero attached hydrogens (tertiary/aromatic N) is 4. The van der Waals surface area contributed by atoms with Crippen molar-refractivity contribution in [3.05, 3.63) is 182 Å². The number of benzene rings is 7. The van der Waals surface area contributed by atoms with E-state index in [-0.39, 0.29) is 0 Å². The summed E-state index contributed by atoms with van der Waals surface area (Å²) in [4.78, 5) is 9.56. The van der Waals surface area contributed by atoms with E-state index in [0.717, 1.165) is 39.0 Å². The maximum atomic E-state index is 5.13. The Kier molecular flexibility index (Phi) is 6.02. The molecule has 0 bridgehead atoms. The molecule has 0 saturated carbocycles. The Morgan fingerprint density at radius 1 is 0.352 bits per heavy atom. The molecule has 4 nitrogen and oxygen atoms in total. The number of rotatable bonds is 4. The van der Waals surface area contributed by atoms with Crippen LogP contribution < -0.4 is 0 Å². The van der Waals surface area contributed by atoms with Crippen molar-refractivity contribution in [2.24, 2.45) is 0 Å². The van der Waals surface area contributed by atoms with Crippen LogP contribution in [-0.4, -0.2) is 19.1 Å². The molecule has 250 valence electrons. The number of pyridine rings is 2. The molecule has 12 rings (SSSR count). The number of hydrogen-bond acceptors (Lipinski definition) is 2. The smallest absolute Gasteiger partial charge is 0.0781 e. The summed E-state index contributed by atoms with van der Waals surface area (Å²) >= 11 is 0. The van der Waals surface area contributed by atoms with E-state index in [4.69, 9.17) is 4.98 Å². The van der Waals surface area contributed by atoms with E-state index in [1.54, 1.807) is 0 Å². The van der Waals surface area contributed by atoms with Gasteiger partial charge in [-0.3, -0.25) is 9.97 Å². The predicted octanol–water partition coefficient (Wildman–Crippen LogP) is 12.8. The van der Waals surface area contributed by atoms with E-state index in [9.17, 15) is 0 Å². The number of hydrogen-bond donors (Lipinski definition) is 0. The van der Waals surface area contributed by atoms with Crippen LogP contribution in [0.3, 0.4) is 0 Å². The summed E-state index contributed by atoms with van der Waals surface area (Å²) < 4.78 is 4.77. The van der Waals surface area contributed by atoms with Gasteiger partial charge in [0.15, 0.2) is 0 Å². The molecule has 0 N–H and O–H groups in total.